The molecule has 0 N–H and O–H groups in total. The number of benzene rings is 1. The lowest BCUT2D eigenvalue weighted by atomic mass is 10.2. The molecule has 13 heavy (non-hydrogen) atoms. The molecule has 0 saturated heterocycles. The minimum Gasteiger partial charge on any atom is -0.455 e. The Morgan fingerprint density at radius 1 is 1.23 bits per heavy atom. The summed E-state index contributed by atoms with van der Waals surface area (Å²) in [4.78, 5) is 0. The molecular weight excluding hydrogens is 239 g/mol. The molecule has 1 aliphatic rings. The number of hydrogen-bond donors (Lipinski definition) is 0. The predicted octanol–water partition coefficient (Wildman–Crippen LogP) is 3.10. The van der Waals surface area contributed by atoms with Gasteiger partial charge in [0.15, 0.2) is 0 Å². The molecule has 1 aromatic carbocycles. The molecule has 0 unspecified atom stereocenters. The Morgan fingerprint density at radius 3 is 2.62 bits per heavy atom. The summed E-state index contributed by atoms with van der Waals surface area (Å²) in [6.07, 6.45) is 2.13. The van der Waals surface area contributed by atoms with Crippen LogP contribution in [0.2, 0.25) is 0 Å². The fraction of sp³-hybridized carbons (Fsp3) is 0.111. The molecule has 1 aliphatic heterocycles. The first-order valence-corrected chi connectivity index (χ1v) is 4.48. The van der Waals surface area contributed by atoms with Crippen LogP contribution in [-0.2, 0) is 9.47 Å². The molecule has 0 atom stereocenters. The minimum absolute atomic E-state index is 0.351. The second-order valence-electron chi connectivity index (χ2n) is 2.52. The molecule has 1 heterocycles. The van der Waals surface area contributed by atoms with Gasteiger partial charge in [-0.15, -0.1) is 0 Å². The lowest BCUT2D eigenvalue weighted by Crippen LogP contribution is -2.01. The van der Waals surface area contributed by atoms with E-state index in [0.29, 0.717) is 10.0 Å². The SMILES string of the molecule is Fc1c(Br)cccc1C1OC=CO1. The molecule has 1 aromatic rings. The van der Waals surface area contributed by atoms with Gasteiger partial charge in [-0.05, 0) is 28.1 Å². The molecule has 0 spiro atoms. The zero-order valence-corrected chi connectivity index (χ0v) is 8.12. The van der Waals surface area contributed by atoms with E-state index in [9.17, 15) is 4.39 Å². The first-order valence-electron chi connectivity index (χ1n) is 3.69. The third-order valence-corrected chi connectivity index (χ3v) is 2.31. The van der Waals surface area contributed by atoms with Crippen LogP contribution >= 0.6 is 15.9 Å². The molecule has 0 aliphatic carbocycles. The van der Waals surface area contributed by atoms with Crippen molar-refractivity contribution in [3.63, 3.8) is 0 Å². The summed E-state index contributed by atoms with van der Waals surface area (Å²) in [6, 6.07) is 4.98. The largest absolute Gasteiger partial charge is 0.455 e. The number of ether oxygens (including phenoxy) is 2. The molecule has 0 bridgehead atoms. The smallest absolute Gasteiger partial charge is 0.269 e. The molecular formula is C9H6BrFO2. The second-order valence-corrected chi connectivity index (χ2v) is 3.37. The highest BCUT2D eigenvalue weighted by molar-refractivity contribution is 9.10. The third-order valence-electron chi connectivity index (χ3n) is 1.70. The van der Waals surface area contributed by atoms with Crippen LogP contribution in [0.5, 0.6) is 0 Å². The Morgan fingerprint density at radius 2 is 1.92 bits per heavy atom. The van der Waals surface area contributed by atoms with Gasteiger partial charge in [0.1, 0.15) is 18.3 Å². The van der Waals surface area contributed by atoms with Crippen molar-refractivity contribution in [1.82, 2.24) is 0 Å². The Kier molecular flexibility index (Phi) is 2.22. The van der Waals surface area contributed by atoms with Crippen molar-refractivity contribution in [3.05, 3.63) is 46.6 Å². The van der Waals surface area contributed by atoms with Crippen molar-refractivity contribution >= 4 is 15.9 Å². The molecule has 4 heteroatoms. The van der Waals surface area contributed by atoms with E-state index in [1.165, 1.54) is 12.5 Å². The molecule has 68 valence electrons. The number of hydrogen-bond acceptors (Lipinski definition) is 2. The van der Waals surface area contributed by atoms with Crippen LogP contribution in [0.4, 0.5) is 4.39 Å². The van der Waals surface area contributed by atoms with Crippen LogP contribution in [0.3, 0.4) is 0 Å². The van der Waals surface area contributed by atoms with Crippen LogP contribution in [-0.4, -0.2) is 0 Å². The monoisotopic (exact) mass is 244 g/mol. The maximum Gasteiger partial charge on any atom is 0.269 e. The Hall–Kier alpha value is -1.03. The highest BCUT2D eigenvalue weighted by Crippen LogP contribution is 2.29. The topological polar surface area (TPSA) is 18.5 Å². The zero-order valence-electron chi connectivity index (χ0n) is 6.54. The van der Waals surface area contributed by atoms with Crippen LogP contribution in [0.25, 0.3) is 0 Å². The Bertz CT molecular complexity index is 343. The Labute approximate surface area is 83.1 Å². The molecule has 2 nitrogen and oxygen atoms in total. The quantitative estimate of drug-likeness (QED) is 0.756. The van der Waals surface area contributed by atoms with Crippen molar-refractivity contribution in [2.75, 3.05) is 0 Å². The van der Waals surface area contributed by atoms with Crippen molar-refractivity contribution in [2.45, 2.75) is 6.29 Å². The summed E-state index contributed by atoms with van der Waals surface area (Å²) in [5.74, 6) is -0.351. The maximum absolute atomic E-state index is 13.4. The normalized spacial score (nSPS) is 15.5. The summed E-state index contributed by atoms with van der Waals surface area (Å²) in [7, 11) is 0. The van der Waals surface area contributed by atoms with Crippen LogP contribution in [0, 0.1) is 5.82 Å². The van der Waals surface area contributed by atoms with Gasteiger partial charge in [-0.1, -0.05) is 6.07 Å². The fourth-order valence-electron chi connectivity index (χ4n) is 1.09. The zero-order chi connectivity index (χ0) is 9.26. The standard InChI is InChI=1S/C9H6BrFO2/c10-7-3-1-2-6(8(7)11)9-12-4-5-13-9/h1-5,9H. The van der Waals surface area contributed by atoms with Gasteiger partial charge in [0.2, 0.25) is 0 Å². The second kappa shape index (κ2) is 3.38. The third kappa shape index (κ3) is 1.54. The molecule has 0 saturated carbocycles. The maximum atomic E-state index is 13.4. The number of halogens is 2. The molecule has 0 aromatic heterocycles. The van der Waals surface area contributed by atoms with E-state index >= 15 is 0 Å². The van der Waals surface area contributed by atoms with Crippen molar-refractivity contribution < 1.29 is 13.9 Å². The van der Waals surface area contributed by atoms with E-state index in [4.69, 9.17) is 9.47 Å². The van der Waals surface area contributed by atoms with E-state index in [1.54, 1.807) is 18.2 Å². The average Bonchev–Trinajstić information content (AvgIpc) is 2.62. The van der Waals surface area contributed by atoms with Crippen LogP contribution in [0.15, 0.2) is 35.2 Å². The van der Waals surface area contributed by atoms with E-state index < -0.39 is 6.29 Å². The van der Waals surface area contributed by atoms with E-state index in [-0.39, 0.29) is 5.82 Å². The van der Waals surface area contributed by atoms with Gasteiger partial charge < -0.3 is 9.47 Å². The molecule has 0 amide bonds. The van der Waals surface area contributed by atoms with Gasteiger partial charge in [0.05, 0.1) is 10.0 Å². The van der Waals surface area contributed by atoms with Crippen molar-refractivity contribution in [2.24, 2.45) is 0 Å². The van der Waals surface area contributed by atoms with Crippen molar-refractivity contribution in [3.8, 4) is 0 Å². The van der Waals surface area contributed by atoms with Gasteiger partial charge in [-0.3, -0.25) is 0 Å². The highest BCUT2D eigenvalue weighted by atomic mass is 79.9. The van der Waals surface area contributed by atoms with Crippen LogP contribution < -0.4 is 0 Å². The van der Waals surface area contributed by atoms with E-state index in [1.807, 2.05) is 0 Å². The lowest BCUT2D eigenvalue weighted by Gasteiger charge is -2.11. The molecule has 0 radical (unpaired) electrons. The number of rotatable bonds is 1. The first-order chi connectivity index (χ1) is 6.29. The van der Waals surface area contributed by atoms with E-state index in [2.05, 4.69) is 15.9 Å². The van der Waals surface area contributed by atoms with E-state index in [0.717, 1.165) is 0 Å². The Balaban J connectivity index is 2.34. The first kappa shape index (κ1) is 8.56. The summed E-state index contributed by atoms with van der Waals surface area (Å²) in [5.41, 5.74) is 0.388. The van der Waals surface area contributed by atoms with Gasteiger partial charge >= 0.3 is 0 Å². The fourth-order valence-corrected chi connectivity index (χ4v) is 1.47. The van der Waals surface area contributed by atoms with Crippen molar-refractivity contribution in [1.29, 1.82) is 0 Å². The average molecular weight is 245 g/mol. The highest BCUT2D eigenvalue weighted by Gasteiger charge is 2.20. The summed E-state index contributed by atoms with van der Waals surface area (Å²) in [5, 5.41) is 0. The van der Waals surface area contributed by atoms with Gasteiger partial charge in [0, 0.05) is 0 Å². The summed E-state index contributed by atoms with van der Waals surface area (Å²) in [6.45, 7) is 0. The summed E-state index contributed by atoms with van der Waals surface area (Å²) < 4.78 is 23.8. The van der Waals surface area contributed by atoms with Gasteiger partial charge in [-0.25, -0.2) is 4.39 Å². The summed E-state index contributed by atoms with van der Waals surface area (Å²) >= 11 is 3.09. The van der Waals surface area contributed by atoms with Crippen LogP contribution in [0.1, 0.15) is 11.9 Å². The lowest BCUT2D eigenvalue weighted by molar-refractivity contribution is -0.0272. The van der Waals surface area contributed by atoms with Gasteiger partial charge in [-0.2, -0.15) is 0 Å². The molecule has 2 rings (SSSR count). The minimum atomic E-state index is -0.655. The predicted molar refractivity (Wildman–Crippen MR) is 48.2 cm³/mol. The molecule has 0 fully saturated rings. The van der Waals surface area contributed by atoms with Gasteiger partial charge in [0.25, 0.3) is 6.29 Å².